The van der Waals surface area contributed by atoms with E-state index in [1.807, 2.05) is 50.2 Å². The third-order valence-corrected chi connectivity index (χ3v) is 2.59. The molecule has 4 nitrogen and oxygen atoms in total. The summed E-state index contributed by atoms with van der Waals surface area (Å²) in [4.78, 5) is 17.5. The van der Waals surface area contributed by atoms with Crippen LogP contribution in [0.15, 0.2) is 29.3 Å². The topological polar surface area (TPSA) is 44.7 Å². The van der Waals surface area contributed by atoms with E-state index >= 15 is 0 Å². The molecular formula is C15H23N3O. The van der Waals surface area contributed by atoms with Crippen LogP contribution >= 0.6 is 0 Å². The van der Waals surface area contributed by atoms with Gasteiger partial charge in [0.05, 0.1) is 12.0 Å². The first kappa shape index (κ1) is 15.2. The second-order valence-corrected chi connectivity index (χ2v) is 4.72. The van der Waals surface area contributed by atoms with Gasteiger partial charge in [0.25, 0.3) is 0 Å². The van der Waals surface area contributed by atoms with E-state index in [4.69, 9.17) is 0 Å². The summed E-state index contributed by atoms with van der Waals surface area (Å²) in [6.07, 6.45) is 4.13. The molecule has 1 aromatic carbocycles. The number of amides is 1. The predicted octanol–water partition coefficient (Wildman–Crippen LogP) is 2.37. The van der Waals surface area contributed by atoms with Gasteiger partial charge in [0, 0.05) is 27.1 Å². The fourth-order valence-electron chi connectivity index (χ4n) is 1.59. The third kappa shape index (κ3) is 6.60. The van der Waals surface area contributed by atoms with Crippen LogP contribution in [0.25, 0.3) is 0 Å². The first-order valence-corrected chi connectivity index (χ1v) is 6.68. The molecule has 0 heterocycles. The van der Waals surface area contributed by atoms with Crippen molar-refractivity contribution in [3.8, 4) is 0 Å². The van der Waals surface area contributed by atoms with Gasteiger partial charge in [0.15, 0.2) is 0 Å². The lowest BCUT2D eigenvalue weighted by molar-refractivity contribution is -0.121. The highest BCUT2D eigenvalue weighted by atomic mass is 16.1. The van der Waals surface area contributed by atoms with Crippen LogP contribution < -0.4 is 5.32 Å². The SMILES string of the molecule is CCCC(=O)NCCc1ccc(N=CN(C)C)cc1. The molecule has 104 valence electrons. The van der Waals surface area contributed by atoms with E-state index in [1.165, 1.54) is 5.56 Å². The molecule has 0 aliphatic heterocycles. The maximum absolute atomic E-state index is 11.3. The second kappa shape index (κ2) is 8.29. The van der Waals surface area contributed by atoms with Gasteiger partial charge < -0.3 is 10.2 Å². The van der Waals surface area contributed by atoms with Gasteiger partial charge in [-0.2, -0.15) is 0 Å². The second-order valence-electron chi connectivity index (χ2n) is 4.72. The molecule has 1 N–H and O–H groups in total. The largest absolute Gasteiger partial charge is 0.369 e. The number of aliphatic imine (C=N–C) groups is 1. The van der Waals surface area contributed by atoms with Crippen molar-refractivity contribution in [1.29, 1.82) is 0 Å². The summed E-state index contributed by atoms with van der Waals surface area (Å²) in [5.74, 6) is 0.134. The third-order valence-electron chi connectivity index (χ3n) is 2.59. The molecule has 0 aliphatic carbocycles. The summed E-state index contributed by atoms with van der Waals surface area (Å²) in [6, 6.07) is 8.08. The van der Waals surface area contributed by atoms with E-state index < -0.39 is 0 Å². The van der Waals surface area contributed by atoms with Gasteiger partial charge in [-0.3, -0.25) is 4.79 Å². The molecule has 0 saturated heterocycles. The highest BCUT2D eigenvalue weighted by Gasteiger charge is 1.99. The predicted molar refractivity (Wildman–Crippen MR) is 79.9 cm³/mol. The van der Waals surface area contributed by atoms with Gasteiger partial charge in [0.1, 0.15) is 0 Å². The van der Waals surface area contributed by atoms with Crippen LogP contribution in [0.1, 0.15) is 25.3 Å². The Morgan fingerprint density at radius 1 is 1.32 bits per heavy atom. The Bertz CT molecular complexity index is 410. The quantitative estimate of drug-likeness (QED) is 0.605. The van der Waals surface area contributed by atoms with Crippen molar-refractivity contribution >= 4 is 17.9 Å². The van der Waals surface area contributed by atoms with E-state index in [-0.39, 0.29) is 5.91 Å². The Kier molecular flexibility index (Phi) is 6.64. The first-order valence-electron chi connectivity index (χ1n) is 6.68. The van der Waals surface area contributed by atoms with E-state index in [2.05, 4.69) is 10.3 Å². The van der Waals surface area contributed by atoms with Crippen molar-refractivity contribution < 1.29 is 4.79 Å². The Morgan fingerprint density at radius 3 is 2.58 bits per heavy atom. The highest BCUT2D eigenvalue weighted by Crippen LogP contribution is 2.12. The lowest BCUT2D eigenvalue weighted by Gasteiger charge is -2.05. The molecule has 0 aromatic heterocycles. The lowest BCUT2D eigenvalue weighted by Crippen LogP contribution is -2.25. The Labute approximate surface area is 115 Å². The molecule has 1 amide bonds. The summed E-state index contributed by atoms with van der Waals surface area (Å²) < 4.78 is 0. The van der Waals surface area contributed by atoms with E-state index in [1.54, 1.807) is 6.34 Å². The average Bonchev–Trinajstić information content (AvgIpc) is 2.38. The number of carbonyl (C=O) groups is 1. The molecule has 0 aliphatic rings. The van der Waals surface area contributed by atoms with Crippen molar-refractivity contribution in [1.82, 2.24) is 10.2 Å². The molecule has 4 heteroatoms. The minimum absolute atomic E-state index is 0.134. The van der Waals surface area contributed by atoms with Gasteiger partial charge in [-0.25, -0.2) is 4.99 Å². The van der Waals surface area contributed by atoms with Crippen molar-refractivity contribution in [3.05, 3.63) is 29.8 Å². The zero-order valence-electron chi connectivity index (χ0n) is 12.0. The summed E-state index contributed by atoms with van der Waals surface area (Å²) >= 11 is 0. The van der Waals surface area contributed by atoms with Gasteiger partial charge in [-0.05, 0) is 30.5 Å². The summed E-state index contributed by atoms with van der Waals surface area (Å²) in [5.41, 5.74) is 2.15. The standard InChI is InChI=1S/C15H23N3O/c1-4-5-15(19)16-11-10-13-6-8-14(9-7-13)17-12-18(2)3/h6-9,12H,4-5,10-11H2,1-3H3,(H,16,19). The van der Waals surface area contributed by atoms with E-state index in [9.17, 15) is 4.79 Å². The van der Waals surface area contributed by atoms with Crippen molar-refractivity contribution in [3.63, 3.8) is 0 Å². The van der Waals surface area contributed by atoms with Crippen LogP contribution in [-0.4, -0.2) is 37.8 Å². The molecule has 0 bridgehead atoms. The Hall–Kier alpha value is -1.84. The van der Waals surface area contributed by atoms with E-state index in [0.29, 0.717) is 13.0 Å². The molecule has 0 unspecified atom stereocenters. The van der Waals surface area contributed by atoms with Crippen LogP contribution in [0.2, 0.25) is 0 Å². The molecule has 1 aromatic rings. The molecule has 0 radical (unpaired) electrons. The number of nitrogens with zero attached hydrogens (tertiary/aromatic N) is 2. The Morgan fingerprint density at radius 2 is 2.00 bits per heavy atom. The van der Waals surface area contributed by atoms with Crippen molar-refractivity contribution in [2.45, 2.75) is 26.2 Å². The number of hydrogen-bond acceptors (Lipinski definition) is 2. The van der Waals surface area contributed by atoms with Crippen LogP contribution in [-0.2, 0) is 11.2 Å². The maximum atomic E-state index is 11.3. The highest BCUT2D eigenvalue weighted by molar-refractivity contribution is 5.75. The maximum Gasteiger partial charge on any atom is 0.219 e. The monoisotopic (exact) mass is 261 g/mol. The number of nitrogens with one attached hydrogen (secondary N) is 1. The van der Waals surface area contributed by atoms with Gasteiger partial charge >= 0.3 is 0 Å². The molecular weight excluding hydrogens is 238 g/mol. The number of rotatable bonds is 7. The zero-order chi connectivity index (χ0) is 14.1. The fraction of sp³-hybridized carbons (Fsp3) is 0.467. The van der Waals surface area contributed by atoms with Gasteiger partial charge in [0.2, 0.25) is 5.91 Å². The Balaban J connectivity index is 2.38. The number of carbonyl (C=O) groups excluding carboxylic acids is 1. The van der Waals surface area contributed by atoms with Crippen LogP contribution in [0.4, 0.5) is 5.69 Å². The molecule has 0 atom stereocenters. The minimum atomic E-state index is 0.134. The summed E-state index contributed by atoms with van der Waals surface area (Å²) in [6.45, 7) is 2.70. The molecule has 0 fully saturated rings. The van der Waals surface area contributed by atoms with E-state index in [0.717, 1.165) is 18.5 Å². The van der Waals surface area contributed by atoms with Crippen LogP contribution in [0.3, 0.4) is 0 Å². The van der Waals surface area contributed by atoms with Gasteiger partial charge in [-0.15, -0.1) is 0 Å². The summed E-state index contributed by atoms with van der Waals surface area (Å²) in [5, 5.41) is 2.91. The molecule has 1 rings (SSSR count). The first-order chi connectivity index (χ1) is 9.11. The van der Waals surface area contributed by atoms with Crippen LogP contribution in [0, 0.1) is 0 Å². The van der Waals surface area contributed by atoms with Crippen molar-refractivity contribution in [2.24, 2.45) is 4.99 Å². The fourth-order valence-corrected chi connectivity index (χ4v) is 1.59. The lowest BCUT2D eigenvalue weighted by atomic mass is 10.1. The zero-order valence-corrected chi connectivity index (χ0v) is 12.0. The number of hydrogen-bond donors (Lipinski definition) is 1. The minimum Gasteiger partial charge on any atom is -0.369 e. The molecule has 0 spiro atoms. The molecule has 0 saturated carbocycles. The number of benzene rings is 1. The van der Waals surface area contributed by atoms with Gasteiger partial charge in [-0.1, -0.05) is 19.1 Å². The average molecular weight is 261 g/mol. The summed E-state index contributed by atoms with van der Waals surface area (Å²) in [7, 11) is 3.88. The molecule has 19 heavy (non-hydrogen) atoms. The van der Waals surface area contributed by atoms with Crippen molar-refractivity contribution in [2.75, 3.05) is 20.6 Å². The normalized spacial score (nSPS) is 10.7. The van der Waals surface area contributed by atoms with Crippen LogP contribution in [0.5, 0.6) is 0 Å². The smallest absolute Gasteiger partial charge is 0.219 e.